The zero-order valence-electron chi connectivity index (χ0n) is 9.45. The van der Waals surface area contributed by atoms with E-state index in [1.165, 1.54) is 0 Å². The summed E-state index contributed by atoms with van der Waals surface area (Å²) in [6.07, 6.45) is 3.70. The first-order valence-electron chi connectivity index (χ1n) is 4.86. The van der Waals surface area contributed by atoms with E-state index in [-0.39, 0.29) is 31.1 Å². The number of hydrogen-bond donors (Lipinski definition) is 0. The summed E-state index contributed by atoms with van der Waals surface area (Å²) in [4.78, 5) is 0. The molecule has 0 bridgehead atoms. The topological polar surface area (TPSA) is 17.8 Å². The predicted molar refractivity (Wildman–Crippen MR) is 57.2 cm³/mol. The molecule has 0 saturated heterocycles. The van der Waals surface area contributed by atoms with E-state index in [2.05, 4.69) is 18.9 Å². The molecule has 2 nitrogen and oxygen atoms in total. The number of rotatable bonds is 3. The molecule has 14 heavy (non-hydrogen) atoms. The van der Waals surface area contributed by atoms with E-state index in [0.29, 0.717) is 5.92 Å². The molecule has 0 aliphatic heterocycles. The quantitative estimate of drug-likeness (QED) is 0.691. The number of aryl methyl sites for hydroxylation is 1. The molecule has 0 N–H and O–H groups in total. The molecule has 0 amide bonds. The maximum atomic E-state index is 4.29. The van der Waals surface area contributed by atoms with Gasteiger partial charge in [-0.15, -0.1) is 0 Å². The Balaban J connectivity index is 0. The van der Waals surface area contributed by atoms with Crippen LogP contribution in [0.15, 0.2) is 12.3 Å². The summed E-state index contributed by atoms with van der Waals surface area (Å²) in [5, 5.41) is 4.29. The standard InChI is InChI=1S/C9H14N2.C2H6.U/c1-4-8(5-2)9-6-7-11(3)10-9;1-2;/h6-8H,1-2,4-5H2,3H3;1-2H3;/q-2;;+2. The van der Waals surface area contributed by atoms with E-state index in [1.54, 1.807) is 0 Å². The Morgan fingerprint density at radius 3 is 2.14 bits per heavy atom. The van der Waals surface area contributed by atoms with Gasteiger partial charge in [-0.3, -0.25) is 4.68 Å². The molecular weight excluding hydrogens is 398 g/mol. The molecule has 0 saturated carbocycles. The van der Waals surface area contributed by atoms with Crippen molar-refractivity contribution in [2.45, 2.75) is 32.6 Å². The maximum absolute atomic E-state index is 4.29. The van der Waals surface area contributed by atoms with Crippen molar-refractivity contribution < 1.29 is 31.1 Å². The summed E-state index contributed by atoms with van der Waals surface area (Å²) in [7, 11) is 1.92. The van der Waals surface area contributed by atoms with Crippen LogP contribution in [0, 0.1) is 45.0 Å². The summed E-state index contributed by atoms with van der Waals surface area (Å²) in [6.45, 7) is 11.7. The van der Waals surface area contributed by atoms with Crippen molar-refractivity contribution >= 4 is 0 Å². The number of nitrogens with zero attached hydrogens (tertiary/aromatic N) is 2. The second-order valence-corrected chi connectivity index (χ2v) is 2.69. The molecule has 0 radical (unpaired) electrons. The van der Waals surface area contributed by atoms with E-state index in [1.807, 2.05) is 37.8 Å². The van der Waals surface area contributed by atoms with E-state index in [0.717, 1.165) is 18.5 Å². The fourth-order valence-electron chi connectivity index (χ4n) is 1.09. The zero-order chi connectivity index (χ0) is 10.3. The second kappa shape index (κ2) is 9.80. The van der Waals surface area contributed by atoms with Gasteiger partial charge in [-0.1, -0.05) is 19.8 Å². The van der Waals surface area contributed by atoms with Crippen molar-refractivity contribution in [3.8, 4) is 0 Å². The minimum Gasteiger partial charge on any atom is -0.343 e. The van der Waals surface area contributed by atoms with Crippen LogP contribution in [0.4, 0.5) is 0 Å². The predicted octanol–water partition coefficient (Wildman–Crippen LogP) is 2.98. The third kappa shape index (κ3) is 5.22. The molecule has 0 atom stereocenters. The average Bonchev–Trinajstić information content (AvgIpc) is 2.58. The molecule has 3 heteroatoms. The van der Waals surface area contributed by atoms with E-state index in [9.17, 15) is 0 Å². The minimum atomic E-state index is 0. The van der Waals surface area contributed by atoms with Crippen LogP contribution in [-0.4, -0.2) is 9.78 Å². The van der Waals surface area contributed by atoms with Crippen molar-refractivity contribution in [1.82, 2.24) is 9.78 Å². The van der Waals surface area contributed by atoms with Crippen LogP contribution in [0.5, 0.6) is 0 Å². The number of hydrogen-bond acceptors (Lipinski definition) is 1. The summed E-state index contributed by atoms with van der Waals surface area (Å²) in [5.74, 6) is 0.427. The Morgan fingerprint density at radius 2 is 1.86 bits per heavy atom. The SMILES string of the molecule is CC.[CH2-]CC(C[CH2-])c1ccn(C)n1.[U+2]. The van der Waals surface area contributed by atoms with E-state index in [4.69, 9.17) is 0 Å². The van der Waals surface area contributed by atoms with Crippen LogP contribution in [-0.2, 0) is 7.05 Å². The van der Waals surface area contributed by atoms with Gasteiger partial charge < -0.3 is 13.8 Å². The van der Waals surface area contributed by atoms with Gasteiger partial charge >= 0.3 is 31.1 Å². The molecular formula is C11H20N2U. The van der Waals surface area contributed by atoms with Gasteiger partial charge in [0, 0.05) is 13.2 Å². The molecule has 0 spiro atoms. The van der Waals surface area contributed by atoms with Crippen LogP contribution < -0.4 is 0 Å². The van der Waals surface area contributed by atoms with Crippen molar-refractivity contribution in [3.63, 3.8) is 0 Å². The summed E-state index contributed by atoms with van der Waals surface area (Å²) >= 11 is 0. The first kappa shape index (κ1) is 16.7. The molecule has 78 valence electrons. The maximum Gasteiger partial charge on any atom is 2.00 e. The Kier molecular flexibility index (Phi) is 11.7. The molecule has 0 aliphatic rings. The zero-order valence-corrected chi connectivity index (χ0v) is 13.6. The van der Waals surface area contributed by atoms with Crippen molar-refractivity contribution in [1.29, 1.82) is 0 Å². The van der Waals surface area contributed by atoms with Gasteiger partial charge in [0.25, 0.3) is 0 Å². The second-order valence-electron chi connectivity index (χ2n) is 2.69. The van der Waals surface area contributed by atoms with Gasteiger partial charge in [-0.05, 0) is 6.07 Å². The Hall–Kier alpha value is 0.262. The van der Waals surface area contributed by atoms with E-state index >= 15 is 0 Å². The van der Waals surface area contributed by atoms with Gasteiger partial charge in [0.1, 0.15) is 0 Å². The summed E-state index contributed by atoms with van der Waals surface area (Å²) < 4.78 is 1.81. The normalized spacial score (nSPS) is 9.00. The molecule has 1 rings (SSSR count). The Labute approximate surface area is 112 Å². The largest absolute Gasteiger partial charge is 2.00 e. The third-order valence-electron chi connectivity index (χ3n) is 1.85. The molecule has 0 aromatic carbocycles. The van der Waals surface area contributed by atoms with Gasteiger partial charge in [-0.25, -0.2) is 0 Å². The fraction of sp³-hybridized carbons (Fsp3) is 0.545. The molecule has 0 fully saturated rings. The van der Waals surface area contributed by atoms with Gasteiger partial charge in [0.05, 0.1) is 5.69 Å². The summed E-state index contributed by atoms with van der Waals surface area (Å²) in [5.41, 5.74) is 1.11. The van der Waals surface area contributed by atoms with Crippen LogP contribution in [0.25, 0.3) is 0 Å². The van der Waals surface area contributed by atoms with Crippen LogP contribution >= 0.6 is 0 Å². The third-order valence-corrected chi connectivity index (χ3v) is 1.85. The first-order valence-corrected chi connectivity index (χ1v) is 4.86. The fourth-order valence-corrected chi connectivity index (χ4v) is 1.09. The van der Waals surface area contributed by atoms with Gasteiger partial charge in [0.2, 0.25) is 0 Å². The number of aromatic nitrogens is 2. The smallest absolute Gasteiger partial charge is 0.343 e. The Bertz CT molecular complexity index is 217. The van der Waals surface area contributed by atoms with Gasteiger partial charge in [-0.2, -0.15) is 17.9 Å². The molecule has 0 aliphatic carbocycles. The molecule has 0 unspecified atom stereocenters. The van der Waals surface area contributed by atoms with E-state index < -0.39 is 0 Å². The minimum absolute atomic E-state index is 0. The van der Waals surface area contributed by atoms with Crippen molar-refractivity contribution in [3.05, 3.63) is 31.8 Å². The van der Waals surface area contributed by atoms with Crippen LogP contribution in [0.2, 0.25) is 0 Å². The van der Waals surface area contributed by atoms with Crippen molar-refractivity contribution in [2.75, 3.05) is 0 Å². The monoisotopic (exact) mass is 418 g/mol. The summed E-state index contributed by atoms with van der Waals surface area (Å²) in [6, 6.07) is 2.03. The van der Waals surface area contributed by atoms with Crippen molar-refractivity contribution in [2.24, 2.45) is 7.05 Å². The van der Waals surface area contributed by atoms with Crippen LogP contribution in [0.3, 0.4) is 0 Å². The molecule has 1 aromatic rings. The average molecular weight is 418 g/mol. The Morgan fingerprint density at radius 1 is 1.36 bits per heavy atom. The molecule has 1 heterocycles. The molecule has 1 aromatic heterocycles. The van der Waals surface area contributed by atoms with Gasteiger partial charge in [0.15, 0.2) is 0 Å². The first-order chi connectivity index (χ1) is 6.27. The van der Waals surface area contributed by atoms with Crippen LogP contribution in [0.1, 0.15) is 38.3 Å².